The van der Waals surface area contributed by atoms with Crippen LogP contribution in [0.2, 0.25) is 0 Å². The van der Waals surface area contributed by atoms with E-state index in [2.05, 4.69) is 9.72 Å². The molecule has 0 fully saturated rings. The molecule has 1 rings (SSSR count). The lowest BCUT2D eigenvalue weighted by Gasteiger charge is -2.17. The normalized spacial score (nSPS) is 14.1. The summed E-state index contributed by atoms with van der Waals surface area (Å²) in [5.74, 6) is -1.01. The highest BCUT2D eigenvalue weighted by Gasteiger charge is 2.30. The number of alkyl halides is 3. The van der Waals surface area contributed by atoms with Crippen LogP contribution < -0.4 is 5.73 Å². The van der Waals surface area contributed by atoms with Gasteiger partial charge in [-0.2, -0.15) is 13.2 Å². The van der Waals surface area contributed by atoms with Gasteiger partial charge in [0.05, 0.1) is 18.6 Å². The van der Waals surface area contributed by atoms with Gasteiger partial charge < -0.3 is 10.5 Å². The van der Waals surface area contributed by atoms with Crippen LogP contribution in [0.15, 0.2) is 18.3 Å². The van der Waals surface area contributed by atoms with E-state index < -0.39 is 29.7 Å². The van der Waals surface area contributed by atoms with Crippen molar-refractivity contribution < 1.29 is 22.7 Å². The molecule has 2 atom stereocenters. The highest BCUT2D eigenvalue weighted by atomic mass is 35.5. The SMILES string of the molecule is COC(=O)C(C)C(N)Cc1ccc(C(F)(F)F)cn1.Cl. The Balaban J connectivity index is 0.00000361. The molecule has 1 aromatic rings. The lowest BCUT2D eigenvalue weighted by molar-refractivity contribution is -0.145. The summed E-state index contributed by atoms with van der Waals surface area (Å²) in [6.45, 7) is 1.60. The summed E-state index contributed by atoms with van der Waals surface area (Å²) in [6.07, 6.45) is -3.45. The maximum atomic E-state index is 12.3. The fourth-order valence-corrected chi connectivity index (χ4v) is 1.49. The number of carbonyl (C=O) groups is 1. The topological polar surface area (TPSA) is 65.2 Å². The molecule has 0 aliphatic heterocycles. The Morgan fingerprint density at radius 1 is 1.45 bits per heavy atom. The molecule has 0 saturated heterocycles. The molecule has 8 heteroatoms. The highest BCUT2D eigenvalue weighted by Crippen LogP contribution is 2.28. The van der Waals surface area contributed by atoms with Gasteiger partial charge in [0.1, 0.15) is 0 Å². The number of methoxy groups -OCH3 is 1. The summed E-state index contributed by atoms with van der Waals surface area (Å²) in [7, 11) is 1.25. The third kappa shape index (κ3) is 4.97. The number of ether oxygens (including phenoxy) is 1. The molecule has 114 valence electrons. The number of nitrogens with zero attached hydrogens (tertiary/aromatic N) is 1. The minimum atomic E-state index is -4.41. The van der Waals surface area contributed by atoms with Gasteiger partial charge in [0.25, 0.3) is 0 Å². The first-order chi connectivity index (χ1) is 8.75. The Hall–Kier alpha value is -1.34. The standard InChI is InChI=1S/C12H15F3N2O2.ClH/c1-7(11(18)19-2)10(16)5-9-4-3-8(6-17-9)12(13,14)15;/h3-4,6-7,10H,5,16H2,1-2H3;1H. The number of rotatable bonds is 4. The minimum Gasteiger partial charge on any atom is -0.469 e. The molecular formula is C12H16ClF3N2O2. The van der Waals surface area contributed by atoms with Gasteiger partial charge >= 0.3 is 12.1 Å². The first-order valence-electron chi connectivity index (χ1n) is 5.61. The number of pyridine rings is 1. The molecule has 0 radical (unpaired) electrons. The predicted octanol–water partition coefficient (Wildman–Crippen LogP) is 2.20. The quantitative estimate of drug-likeness (QED) is 0.866. The Labute approximate surface area is 120 Å². The van der Waals surface area contributed by atoms with Crippen LogP contribution in [0.3, 0.4) is 0 Å². The van der Waals surface area contributed by atoms with E-state index in [-0.39, 0.29) is 18.8 Å². The first-order valence-corrected chi connectivity index (χ1v) is 5.61. The van der Waals surface area contributed by atoms with Crippen molar-refractivity contribution in [2.75, 3.05) is 7.11 Å². The number of esters is 1. The zero-order valence-electron chi connectivity index (χ0n) is 11.0. The average molecular weight is 313 g/mol. The van der Waals surface area contributed by atoms with Crippen LogP contribution in [-0.4, -0.2) is 24.1 Å². The molecule has 0 aliphatic rings. The van der Waals surface area contributed by atoms with Crippen LogP contribution in [0.5, 0.6) is 0 Å². The average Bonchev–Trinajstić information content (AvgIpc) is 2.36. The van der Waals surface area contributed by atoms with Crippen molar-refractivity contribution in [2.24, 2.45) is 11.7 Å². The van der Waals surface area contributed by atoms with E-state index in [9.17, 15) is 18.0 Å². The molecule has 2 N–H and O–H groups in total. The lowest BCUT2D eigenvalue weighted by Crippen LogP contribution is -2.36. The molecule has 0 amide bonds. The molecule has 2 unspecified atom stereocenters. The van der Waals surface area contributed by atoms with E-state index >= 15 is 0 Å². The summed E-state index contributed by atoms with van der Waals surface area (Å²) in [6, 6.07) is 1.64. The number of hydrogen-bond donors (Lipinski definition) is 1. The van der Waals surface area contributed by atoms with Crippen LogP contribution in [0.25, 0.3) is 0 Å². The summed E-state index contributed by atoms with van der Waals surface area (Å²) < 4.78 is 41.6. The highest BCUT2D eigenvalue weighted by molar-refractivity contribution is 5.85. The van der Waals surface area contributed by atoms with Crippen molar-refractivity contribution in [3.05, 3.63) is 29.6 Å². The maximum Gasteiger partial charge on any atom is 0.417 e. The minimum absolute atomic E-state index is 0. The first kappa shape index (κ1) is 18.7. The molecule has 1 heterocycles. The largest absolute Gasteiger partial charge is 0.469 e. The van der Waals surface area contributed by atoms with Gasteiger partial charge in [-0.15, -0.1) is 12.4 Å². The Bertz CT molecular complexity index is 437. The number of hydrogen-bond acceptors (Lipinski definition) is 4. The van der Waals surface area contributed by atoms with Gasteiger partial charge in [-0.3, -0.25) is 9.78 Å². The van der Waals surface area contributed by atoms with E-state index in [0.29, 0.717) is 5.69 Å². The summed E-state index contributed by atoms with van der Waals surface area (Å²) in [5, 5.41) is 0. The van der Waals surface area contributed by atoms with Crippen LogP contribution in [-0.2, 0) is 22.1 Å². The van der Waals surface area contributed by atoms with Gasteiger partial charge in [0.15, 0.2) is 0 Å². The van der Waals surface area contributed by atoms with E-state index in [4.69, 9.17) is 5.73 Å². The zero-order chi connectivity index (χ0) is 14.6. The Morgan fingerprint density at radius 2 is 2.05 bits per heavy atom. The molecule has 0 aromatic carbocycles. The van der Waals surface area contributed by atoms with Crippen LogP contribution in [0.4, 0.5) is 13.2 Å². The maximum absolute atomic E-state index is 12.3. The van der Waals surface area contributed by atoms with E-state index in [0.717, 1.165) is 12.3 Å². The molecule has 0 aliphatic carbocycles. The molecule has 1 aromatic heterocycles. The second-order valence-corrected chi connectivity index (χ2v) is 4.22. The number of nitrogens with two attached hydrogens (primary N) is 1. The smallest absolute Gasteiger partial charge is 0.417 e. The predicted molar refractivity (Wildman–Crippen MR) is 69.3 cm³/mol. The van der Waals surface area contributed by atoms with Gasteiger partial charge in [-0.25, -0.2) is 0 Å². The zero-order valence-corrected chi connectivity index (χ0v) is 11.8. The third-order valence-corrected chi connectivity index (χ3v) is 2.81. The number of aromatic nitrogens is 1. The Kier molecular flexibility index (Phi) is 6.95. The molecule has 0 spiro atoms. The van der Waals surface area contributed by atoms with Gasteiger partial charge in [-0.1, -0.05) is 6.92 Å². The van der Waals surface area contributed by atoms with Crippen molar-refractivity contribution in [1.82, 2.24) is 4.98 Å². The number of carbonyl (C=O) groups excluding carboxylic acids is 1. The van der Waals surface area contributed by atoms with E-state index in [1.807, 2.05) is 0 Å². The fraction of sp³-hybridized carbons (Fsp3) is 0.500. The van der Waals surface area contributed by atoms with Crippen molar-refractivity contribution >= 4 is 18.4 Å². The summed E-state index contributed by atoms with van der Waals surface area (Å²) >= 11 is 0. The van der Waals surface area contributed by atoms with Crippen LogP contribution in [0.1, 0.15) is 18.2 Å². The third-order valence-electron chi connectivity index (χ3n) is 2.81. The van der Waals surface area contributed by atoms with Crippen LogP contribution >= 0.6 is 12.4 Å². The molecule has 0 saturated carbocycles. The molecule has 4 nitrogen and oxygen atoms in total. The Morgan fingerprint density at radius 3 is 2.45 bits per heavy atom. The van der Waals surface area contributed by atoms with Crippen molar-refractivity contribution in [3.63, 3.8) is 0 Å². The lowest BCUT2D eigenvalue weighted by atomic mass is 9.98. The van der Waals surface area contributed by atoms with E-state index in [1.165, 1.54) is 13.2 Å². The second-order valence-electron chi connectivity index (χ2n) is 4.22. The van der Waals surface area contributed by atoms with E-state index in [1.54, 1.807) is 6.92 Å². The number of halogens is 4. The van der Waals surface area contributed by atoms with Crippen molar-refractivity contribution in [1.29, 1.82) is 0 Å². The van der Waals surface area contributed by atoms with Crippen LogP contribution in [0, 0.1) is 5.92 Å². The second kappa shape index (κ2) is 7.44. The van der Waals surface area contributed by atoms with Gasteiger partial charge in [0, 0.05) is 24.4 Å². The summed E-state index contributed by atoms with van der Waals surface area (Å²) in [4.78, 5) is 15.0. The van der Waals surface area contributed by atoms with Gasteiger partial charge in [-0.05, 0) is 12.1 Å². The van der Waals surface area contributed by atoms with Gasteiger partial charge in [0.2, 0.25) is 0 Å². The molecule has 0 bridgehead atoms. The fourth-order valence-electron chi connectivity index (χ4n) is 1.49. The molecule has 20 heavy (non-hydrogen) atoms. The van der Waals surface area contributed by atoms with Crippen molar-refractivity contribution in [3.8, 4) is 0 Å². The van der Waals surface area contributed by atoms with Crippen molar-refractivity contribution in [2.45, 2.75) is 25.6 Å². The summed E-state index contributed by atoms with van der Waals surface area (Å²) in [5.41, 5.74) is 5.37. The molecular weight excluding hydrogens is 297 g/mol. The monoisotopic (exact) mass is 312 g/mol.